The van der Waals surface area contributed by atoms with Gasteiger partial charge in [-0.1, -0.05) is 18.6 Å². The van der Waals surface area contributed by atoms with Gasteiger partial charge in [-0.3, -0.25) is 0 Å². The van der Waals surface area contributed by atoms with E-state index in [9.17, 15) is 0 Å². The summed E-state index contributed by atoms with van der Waals surface area (Å²) in [5.74, 6) is 1.13. The lowest BCUT2D eigenvalue weighted by Crippen LogP contribution is -2.29. The van der Waals surface area contributed by atoms with E-state index in [-0.39, 0.29) is 5.92 Å². The van der Waals surface area contributed by atoms with Crippen LogP contribution in [0.25, 0.3) is 0 Å². The Balaban J connectivity index is 2.14. The average molecular weight is 168 g/mol. The van der Waals surface area contributed by atoms with Crippen molar-refractivity contribution in [1.82, 2.24) is 0 Å². The smallest absolute Gasteiger partial charge is 0.154 e. The zero-order valence-electron chi connectivity index (χ0n) is 7.19. The van der Waals surface area contributed by atoms with Gasteiger partial charge < -0.3 is 10.2 Å². The third-order valence-electron chi connectivity index (χ3n) is 3.25. The minimum Gasteiger partial charge on any atom is -0.368 e. The van der Waals surface area contributed by atoms with Gasteiger partial charge in [0.15, 0.2) is 6.29 Å². The van der Waals surface area contributed by atoms with Crippen molar-refractivity contribution in [2.75, 3.05) is 0 Å². The first-order chi connectivity index (χ1) is 5.77. The largest absolute Gasteiger partial charge is 0.368 e. The molecule has 0 aromatic rings. The predicted molar refractivity (Wildman–Crippen MR) is 46.3 cm³/mol. The fraction of sp³-hybridized carbons (Fsp3) is 0.800. The van der Waals surface area contributed by atoms with Crippen molar-refractivity contribution in [3.05, 3.63) is 12.2 Å². The molecule has 1 fully saturated rings. The molecule has 3 rings (SSSR count). The minimum atomic E-state index is -1.11. The molecule has 0 unspecified atom stereocenters. The molecule has 0 amide bonds. The van der Waals surface area contributed by atoms with Crippen LogP contribution in [0.2, 0.25) is 0 Å². The lowest BCUT2D eigenvalue weighted by atomic mass is 9.80. The highest BCUT2D eigenvalue weighted by molar-refractivity contribution is 5.04. The molecule has 0 aliphatic heterocycles. The summed E-state index contributed by atoms with van der Waals surface area (Å²) in [5, 5.41) is 18.3. The Labute approximate surface area is 72.9 Å². The summed E-state index contributed by atoms with van der Waals surface area (Å²) in [6, 6.07) is 0. The van der Waals surface area contributed by atoms with Crippen LogP contribution in [0, 0.1) is 17.8 Å². The Hall–Kier alpha value is -0.340. The maximum Gasteiger partial charge on any atom is 0.154 e. The summed E-state index contributed by atoms with van der Waals surface area (Å²) in [6.07, 6.45) is 7.91. The lowest BCUT2D eigenvalue weighted by molar-refractivity contribution is -0.100. The Bertz CT molecular complexity index is 186. The molecule has 0 aromatic heterocycles. The van der Waals surface area contributed by atoms with E-state index in [0.29, 0.717) is 11.8 Å². The van der Waals surface area contributed by atoms with Gasteiger partial charge in [-0.25, -0.2) is 0 Å². The molecule has 2 nitrogen and oxygen atoms in total. The van der Waals surface area contributed by atoms with Gasteiger partial charge in [-0.2, -0.15) is 0 Å². The number of hydrogen-bond acceptors (Lipinski definition) is 2. The van der Waals surface area contributed by atoms with E-state index in [4.69, 9.17) is 10.2 Å². The zero-order chi connectivity index (χ0) is 8.55. The van der Waals surface area contributed by atoms with E-state index in [1.165, 1.54) is 12.8 Å². The molecular weight excluding hydrogens is 152 g/mol. The van der Waals surface area contributed by atoms with Crippen LogP contribution >= 0.6 is 0 Å². The van der Waals surface area contributed by atoms with E-state index < -0.39 is 6.29 Å². The number of hydrogen-bond donors (Lipinski definition) is 2. The van der Waals surface area contributed by atoms with Gasteiger partial charge in [0.2, 0.25) is 0 Å². The normalized spacial score (nSPS) is 40.4. The molecule has 3 aliphatic carbocycles. The molecule has 0 spiro atoms. The summed E-state index contributed by atoms with van der Waals surface area (Å²) in [5.41, 5.74) is 0. The third-order valence-corrected chi connectivity index (χ3v) is 3.25. The first-order valence-corrected chi connectivity index (χ1v) is 4.82. The number of allylic oxidation sites excluding steroid dienone is 2. The SMILES string of the molecule is OC(O)[C@@H]1C[C@@H]2C=C[C@H]1CCC2. The first kappa shape index (κ1) is 8.27. The molecule has 0 aromatic carbocycles. The summed E-state index contributed by atoms with van der Waals surface area (Å²) >= 11 is 0. The second kappa shape index (κ2) is 3.19. The van der Waals surface area contributed by atoms with Crippen LogP contribution in [0.5, 0.6) is 0 Å². The molecular formula is C10H16O2. The highest BCUT2D eigenvalue weighted by Crippen LogP contribution is 2.39. The van der Waals surface area contributed by atoms with Crippen molar-refractivity contribution in [2.45, 2.75) is 32.0 Å². The second-order valence-corrected chi connectivity index (χ2v) is 4.05. The number of rotatable bonds is 1. The molecule has 3 aliphatic rings. The van der Waals surface area contributed by atoms with E-state index in [1.807, 2.05) is 0 Å². The monoisotopic (exact) mass is 168 g/mol. The average Bonchev–Trinajstić information content (AvgIpc) is 2.36. The second-order valence-electron chi connectivity index (χ2n) is 4.05. The molecule has 2 bridgehead atoms. The van der Waals surface area contributed by atoms with Crippen LogP contribution < -0.4 is 0 Å². The van der Waals surface area contributed by atoms with Gasteiger partial charge in [0, 0.05) is 5.92 Å². The minimum absolute atomic E-state index is 0.0995. The van der Waals surface area contributed by atoms with Crippen molar-refractivity contribution in [3.8, 4) is 0 Å². The number of aliphatic hydroxyl groups is 2. The van der Waals surface area contributed by atoms with E-state index in [2.05, 4.69) is 12.2 Å². The van der Waals surface area contributed by atoms with Crippen molar-refractivity contribution in [2.24, 2.45) is 17.8 Å². The molecule has 0 radical (unpaired) electrons. The van der Waals surface area contributed by atoms with Crippen LogP contribution in [-0.4, -0.2) is 16.5 Å². The quantitative estimate of drug-likeness (QED) is 0.457. The zero-order valence-corrected chi connectivity index (χ0v) is 7.19. The van der Waals surface area contributed by atoms with E-state index >= 15 is 0 Å². The first-order valence-electron chi connectivity index (χ1n) is 4.82. The predicted octanol–water partition coefficient (Wildman–Crippen LogP) is 1.29. The van der Waals surface area contributed by atoms with Crippen molar-refractivity contribution in [1.29, 1.82) is 0 Å². The van der Waals surface area contributed by atoms with Gasteiger partial charge in [-0.05, 0) is 31.1 Å². The Kier molecular flexibility index (Phi) is 2.20. The molecule has 3 atom stereocenters. The molecule has 2 N–H and O–H groups in total. The Morgan fingerprint density at radius 3 is 2.75 bits per heavy atom. The van der Waals surface area contributed by atoms with Crippen LogP contribution in [-0.2, 0) is 0 Å². The van der Waals surface area contributed by atoms with Crippen LogP contribution in [0.3, 0.4) is 0 Å². The van der Waals surface area contributed by atoms with Gasteiger partial charge in [0.1, 0.15) is 0 Å². The van der Waals surface area contributed by atoms with Crippen LogP contribution in [0.1, 0.15) is 25.7 Å². The molecule has 68 valence electrons. The fourth-order valence-electron chi connectivity index (χ4n) is 2.53. The van der Waals surface area contributed by atoms with E-state index in [0.717, 1.165) is 12.8 Å². The van der Waals surface area contributed by atoms with Gasteiger partial charge in [0.25, 0.3) is 0 Å². The number of aliphatic hydroxyl groups excluding tert-OH is 1. The van der Waals surface area contributed by atoms with Gasteiger partial charge >= 0.3 is 0 Å². The van der Waals surface area contributed by atoms with Gasteiger partial charge in [-0.15, -0.1) is 0 Å². The maximum absolute atomic E-state index is 9.15. The van der Waals surface area contributed by atoms with Gasteiger partial charge in [0.05, 0.1) is 0 Å². The maximum atomic E-state index is 9.15. The van der Waals surface area contributed by atoms with Crippen molar-refractivity contribution in [3.63, 3.8) is 0 Å². The highest BCUT2D eigenvalue weighted by atomic mass is 16.5. The summed E-state index contributed by atoms with van der Waals surface area (Å²) in [7, 11) is 0. The van der Waals surface area contributed by atoms with E-state index in [1.54, 1.807) is 0 Å². The lowest BCUT2D eigenvalue weighted by Gasteiger charge is -2.29. The fourth-order valence-corrected chi connectivity index (χ4v) is 2.53. The van der Waals surface area contributed by atoms with Crippen molar-refractivity contribution >= 4 is 0 Å². The summed E-state index contributed by atoms with van der Waals surface area (Å²) in [4.78, 5) is 0. The van der Waals surface area contributed by atoms with Crippen molar-refractivity contribution < 1.29 is 10.2 Å². The Morgan fingerprint density at radius 2 is 2.00 bits per heavy atom. The third kappa shape index (κ3) is 1.41. The standard InChI is InChI=1S/C10H16O2/c11-10(12)9-6-7-2-1-3-8(9)5-4-7/h4-5,7-12H,1-3,6H2/t7-,8+,9+/m0/s1. The molecule has 0 heterocycles. The molecule has 0 saturated heterocycles. The highest BCUT2D eigenvalue weighted by Gasteiger charge is 2.33. The van der Waals surface area contributed by atoms with Crippen LogP contribution in [0.15, 0.2) is 12.2 Å². The molecule has 2 heteroatoms. The molecule has 1 saturated carbocycles. The summed E-state index contributed by atoms with van der Waals surface area (Å²) < 4.78 is 0. The number of fused-ring (bicyclic) bond motifs is 3. The Morgan fingerprint density at radius 1 is 1.17 bits per heavy atom. The summed E-state index contributed by atoms with van der Waals surface area (Å²) in [6.45, 7) is 0. The molecule has 12 heavy (non-hydrogen) atoms. The topological polar surface area (TPSA) is 40.5 Å². The van der Waals surface area contributed by atoms with Crippen LogP contribution in [0.4, 0.5) is 0 Å².